The van der Waals surface area contributed by atoms with Gasteiger partial charge in [0.25, 0.3) is 0 Å². The molecule has 0 aromatic carbocycles. The van der Waals surface area contributed by atoms with E-state index in [2.05, 4.69) is 21.3 Å². The van der Waals surface area contributed by atoms with Crippen LogP contribution < -0.4 is 10.2 Å². The molecule has 1 aromatic heterocycles. The molecule has 0 aliphatic carbocycles. The second-order valence-corrected chi connectivity index (χ2v) is 3.73. The summed E-state index contributed by atoms with van der Waals surface area (Å²) in [5, 5.41) is 12.0. The third kappa shape index (κ3) is 2.08. The van der Waals surface area contributed by atoms with Crippen LogP contribution in [0.4, 0.5) is 5.69 Å². The Balaban J connectivity index is 2.14. The Morgan fingerprint density at radius 3 is 3.20 bits per heavy atom. The highest BCUT2D eigenvalue weighted by Gasteiger charge is 2.21. The highest BCUT2D eigenvalue weighted by molar-refractivity contribution is 5.49. The first kappa shape index (κ1) is 9.94. The van der Waals surface area contributed by atoms with Crippen LogP contribution in [-0.2, 0) is 0 Å². The zero-order valence-corrected chi connectivity index (χ0v) is 8.77. The first-order valence-corrected chi connectivity index (χ1v) is 5.12. The fourth-order valence-corrected chi connectivity index (χ4v) is 1.91. The minimum Gasteiger partial charge on any atom is -0.370 e. The van der Waals surface area contributed by atoms with E-state index in [1.54, 1.807) is 6.20 Å². The van der Waals surface area contributed by atoms with Gasteiger partial charge in [-0.15, -0.1) is 0 Å². The van der Waals surface area contributed by atoms with E-state index in [0.717, 1.165) is 25.2 Å². The third-order valence-electron chi connectivity index (χ3n) is 2.82. The van der Waals surface area contributed by atoms with Gasteiger partial charge < -0.3 is 10.2 Å². The van der Waals surface area contributed by atoms with Crippen molar-refractivity contribution in [2.24, 2.45) is 0 Å². The van der Waals surface area contributed by atoms with E-state index in [1.807, 2.05) is 19.2 Å². The SMILES string of the molecule is CNC1CCN(c2ccnc(C#N)c2)C1. The number of nitrogens with one attached hydrogen (secondary N) is 1. The highest BCUT2D eigenvalue weighted by atomic mass is 15.2. The van der Waals surface area contributed by atoms with Gasteiger partial charge in [0, 0.05) is 31.0 Å². The van der Waals surface area contributed by atoms with Gasteiger partial charge in [-0.05, 0) is 25.6 Å². The molecule has 1 unspecified atom stereocenters. The van der Waals surface area contributed by atoms with Gasteiger partial charge in [-0.2, -0.15) is 5.26 Å². The van der Waals surface area contributed by atoms with Crippen molar-refractivity contribution >= 4 is 5.69 Å². The van der Waals surface area contributed by atoms with Gasteiger partial charge in [-0.25, -0.2) is 4.98 Å². The summed E-state index contributed by atoms with van der Waals surface area (Å²) in [5.41, 5.74) is 1.58. The topological polar surface area (TPSA) is 52.0 Å². The van der Waals surface area contributed by atoms with Crippen LogP contribution in [0.1, 0.15) is 12.1 Å². The number of anilines is 1. The first-order chi connectivity index (χ1) is 7.33. The second-order valence-electron chi connectivity index (χ2n) is 3.73. The van der Waals surface area contributed by atoms with Crippen molar-refractivity contribution in [2.75, 3.05) is 25.0 Å². The summed E-state index contributed by atoms with van der Waals surface area (Å²) < 4.78 is 0. The Bertz CT molecular complexity index is 382. The molecular weight excluding hydrogens is 188 g/mol. The fourth-order valence-electron chi connectivity index (χ4n) is 1.91. The predicted octanol–water partition coefficient (Wildman–Crippen LogP) is 0.751. The first-order valence-electron chi connectivity index (χ1n) is 5.12. The molecule has 78 valence electrons. The van der Waals surface area contributed by atoms with Crippen molar-refractivity contribution in [3.63, 3.8) is 0 Å². The molecule has 2 heterocycles. The smallest absolute Gasteiger partial charge is 0.142 e. The highest BCUT2D eigenvalue weighted by Crippen LogP contribution is 2.19. The molecule has 0 saturated carbocycles. The maximum atomic E-state index is 8.76. The summed E-state index contributed by atoms with van der Waals surface area (Å²) in [5.74, 6) is 0. The zero-order chi connectivity index (χ0) is 10.7. The summed E-state index contributed by atoms with van der Waals surface area (Å²) in [6.45, 7) is 2.05. The van der Waals surface area contributed by atoms with Crippen LogP contribution in [0.3, 0.4) is 0 Å². The van der Waals surface area contributed by atoms with Crippen LogP contribution in [0.5, 0.6) is 0 Å². The zero-order valence-electron chi connectivity index (χ0n) is 8.77. The molecule has 1 aliphatic heterocycles. The van der Waals surface area contributed by atoms with Gasteiger partial charge in [0.1, 0.15) is 11.8 Å². The molecule has 1 atom stereocenters. The molecule has 1 aliphatic rings. The number of pyridine rings is 1. The number of hydrogen-bond acceptors (Lipinski definition) is 4. The minimum atomic E-state index is 0.486. The standard InChI is InChI=1S/C11H14N4/c1-13-9-3-5-15(8-9)11-2-4-14-10(6-11)7-12/h2,4,6,9,13H,3,5,8H2,1H3. The minimum absolute atomic E-state index is 0.486. The van der Waals surface area contributed by atoms with E-state index in [4.69, 9.17) is 5.26 Å². The number of nitriles is 1. The van der Waals surface area contributed by atoms with Gasteiger partial charge >= 0.3 is 0 Å². The third-order valence-corrected chi connectivity index (χ3v) is 2.82. The Morgan fingerprint density at radius 1 is 1.67 bits per heavy atom. The van der Waals surface area contributed by atoms with Crippen LogP contribution in [0.15, 0.2) is 18.3 Å². The molecule has 0 amide bonds. The van der Waals surface area contributed by atoms with Gasteiger partial charge in [0.05, 0.1) is 0 Å². The van der Waals surface area contributed by atoms with Crippen LogP contribution in [0.25, 0.3) is 0 Å². The molecule has 1 fully saturated rings. The lowest BCUT2D eigenvalue weighted by atomic mass is 10.3. The van der Waals surface area contributed by atoms with Crippen LogP contribution in [-0.4, -0.2) is 31.2 Å². The quantitative estimate of drug-likeness (QED) is 0.769. The van der Waals surface area contributed by atoms with Crippen molar-refractivity contribution in [1.82, 2.24) is 10.3 Å². The van der Waals surface area contributed by atoms with E-state index in [0.29, 0.717) is 11.7 Å². The lowest BCUT2D eigenvalue weighted by Crippen LogP contribution is -2.29. The molecule has 0 bridgehead atoms. The molecule has 1 saturated heterocycles. The van der Waals surface area contributed by atoms with Crippen LogP contribution >= 0.6 is 0 Å². The number of likely N-dealkylation sites (N-methyl/N-ethyl adjacent to an activating group) is 1. The molecule has 15 heavy (non-hydrogen) atoms. The molecule has 0 radical (unpaired) electrons. The molecular formula is C11H14N4. The van der Waals surface area contributed by atoms with Gasteiger partial charge in [0.15, 0.2) is 0 Å². The fraction of sp³-hybridized carbons (Fsp3) is 0.455. The Kier molecular flexibility index (Phi) is 2.84. The number of aromatic nitrogens is 1. The van der Waals surface area contributed by atoms with Gasteiger partial charge in [-0.3, -0.25) is 0 Å². The van der Waals surface area contributed by atoms with Crippen LogP contribution in [0, 0.1) is 11.3 Å². The summed E-state index contributed by atoms with van der Waals surface area (Å²) in [4.78, 5) is 6.25. The monoisotopic (exact) mass is 202 g/mol. The summed E-state index contributed by atoms with van der Waals surface area (Å²) in [6.07, 6.45) is 2.85. The summed E-state index contributed by atoms with van der Waals surface area (Å²) in [7, 11) is 1.99. The molecule has 4 nitrogen and oxygen atoms in total. The van der Waals surface area contributed by atoms with Gasteiger partial charge in [0.2, 0.25) is 0 Å². The van der Waals surface area contributed by atoms with Crippen molar-refractivity contribution in [3.05, 3.63) is 24.0 Å². The van der Waals surface area contributed by atoms with E-state index in [9.17, 15) is 0 Å². The van der Waals surface area contributed by atoms with Crippen molar-refractivity contribution < 1.29 is 0 Å². The average molecular weight is 202 g/mol. The van der Waals surface area contributed by atoms with Gasteiger partial charge in [-0.1, -0.05) is 0 Å². The Labute approximate surface area is 89.5 Å². The van der Waals surface area contributed by atoms with E-state index < -0.39 is 0 Å². The maximum absolute atomic E-state index is 8.76. The number of hydrogen-bond donors (Lipinski definition) is 1. The second kappa shape index (κ2) is 4.28. The lowest BCUT2D eigenvalue weighted by Gasteiger charge is -2.18. The van der Waals surface area contributed by atoms with E-state index in [-0.39, 0.29) is 0 Å². The Hall–Kier alpha value is -1.60. The predicted molar refractivity (Wildman–Crippen MR) is 58.6 cm³/mol. The molecule has 1 aromatic rings. The van der Waals surface area contributed by atoms with E-state index in [1.165, 1.54) is 0 Å². The normalized spacial score (nSPS) is 20.3. The number of nitrogens with zero attached hydrogens (tertiary/aromatic N) is 3. The summed E-state index contributed by atoms with van der Waals surface area (Å²) in [6, 6.07) is 6.42. The van der Waals surface area contributed by atoms with Crippen molar-refractivity contribution in [1.29, 1.82) is 5.26 Å². The average Bonchev–Trinajstić information content (AvgIpc) is 2.78. The molecule has 4 heteroatoms. The number of rotatable bonds is 2. The van der Waals surface area contributed by atoms with Crippen molar-refractivity contribution in [3.8, 4) is 6.07 Å². The van der Waals surface area contributed by atoms with Crippen molar-refractivity contribution in [2.45, 2.75) is 12.5 Å². The van der Waals surface area contributed by atoms with Crippen LogP contribution in [0.2, 0.25) is 0 Å². The lowest BCUT2D eigenvalue weighted by molar-refractivity contribution is 0.617. The largest absolute Gasteiger partial charge is 0.370 e. The molecule has 2 rings (SSSR count). The van der Waals surface area contributed by atoms with E-state index >= 15 is 0 Å². The molecule has 0 spiro atoms. The molecule has 1 N–H and O–H groups in total. The Morgan fingerprint density at radius 2 is 2.53 bits per heavy atom. The summed E-state index contributed by atoms with van der Waals surface area (Å²) >= 11 is 0. The maximum Gasteiger partial charge on any atom is 0.142 e.